The highest BCUT2D eigenvalue weighted by Crippen LogP contribution is 2.34. The lowest BCUT2D eigenvalue weighted by molar-refractivity contribution is -0.141. The van der Waals surface area contributed by atoms with E-state index in [2.05, 4.69) is 0 Å². The summed E-state index contributed by atoms with van der Waals surface area (Å²) in [6.45, 7) is 0. The van der Waals surface area contributed by atoms with Gasteiger partial charge < -0.3 is 4.74 Å². The van der Waals surface area contributed by atoms with Gasteiger partial charge in [0, 0.05) is 11.4 Å². The molecule has 1 atom stereocenters. The Morgan fingerprint density at radius 1 is 1.37 bits per heavy atom. The molecule has 2 rings (SSSR count). The Balaban J connectivity index is 2.28. The van der Waals surface area contributed by atoms with Gasteiger partial charge in [-0.1, -0.05) is 23.7 Å². The van der Waals surface area contributed by atoms with Crippen LogP contribution in [0.3, 0.4) is 0 Å². The van der Waals surface area contributed by atoms with Crippen molar-refractivity contribution in [3.63, 3.8) is 0 Å². The number of allylic oxidation sites excluding steroid dienone is 2. The van der Waals surface area contributed by atoms with E-state index in [9.17, 15) is 9.59 Å². The predicted molar refractivity (Wildman–Crippen MR) is 73.8 cm³/mol. The first-order valence-corrected chi connectivity index (χ1v) is 6.55. The lowest BCUT2D eigenvalue weighted by Gasteiger charge is -2.23. The predicted octanol–water partition coefficient (Wildman–Crippen LogP) is 3.27. The molecule has 1 aliphatic carbocycles. The van der Waals surface area contributed by atoms with Gasteiger partial charge in [-0.2, -0.15) is 0 Å². The van der Waals surface area contributed by atoms with Crippen molar-refractivity contribution in [1.82, 2.24) is 0 Å². The molecule has 100 valence electrons. The monoisotopic (exact) mass is 278 g/mol. The Bertz CT molecular complexity index is 517. The van der Waals surface area contributed by atoms with Crippen molar-refractivity contribution in [2.45, 2.75) is 19.3 Å². The van der Waals surface area contributed by atoms with Crippen LogP contribution in [0.4, 0.5) is 0 Å². The van der Waals surface area contributed by atoms with E-state index in [1.165, 1.54) is 7.11 Å². The fourth-order valence-electron chi connectivity index (χ4n) is 2.29. The molecule has 0 spiro atoms. The van der Waals surface area contributed by atoms with Gasteiger partial charge in [0.25, 0.3) is 0 Å². The maximum atomic E-state index is 11.6. The Labute approximate surface area is 117 Å². The van der Waals surface area contributed by atoms with Crippen LogP contribution in [0.5, 0.6) is 0 Å². The summed E-state index contributed by atoms with van der Waals surface area (Å²) in [5.74, 6) is -0.114. The second kappa shape index (κ2) is 6.02. The Kier molecular flexibility index (Phi) is 4.38. The van der Waals surface area contributed by atoms with Gasteiger partial charge in [-0.05, 0) is 41.7 Å². The second-order valence-corrected chi connectivity index (χ2v) is 5.03. The molecule has 1 aromatic carbocycles. The molecular formula is C15H15ClO3. The van der Waals surface area contributed by atoms with Crippen LogP contribution in [-0.4, -0.2) is 18.9 Å². The normalized spacial score (nSPS) is 18.9. The van der Waals surface area contributed by atoms with Crippen molar-refractivity contribution in [3.8, 4) is 0 Å². The van der Waals surface area contributed by atoms with E-state index in [1.807, 2.05) is 12.1 Å². The fourth-order valence-corrected chi connectivity index (χ4v) is 2.42. The second-order valence-electron chi connectivity index (χ2n) is 4.59. The number of ether oxygens (including phenoxy) is 1. The molecule has 0 aliphatic heterocycles. The molecule has 0 saturated heterocycles. The Hall–Kier alpha value is -1.61. The molecule has 1 aliphatic rings. The highest BCUT2D eigenvalue weighted by molar-refractivity contribution is 6.30. The number of methoxy groups -OCH3 is 1. The number of carbonyl (C=O) groups excluding carboxylic acids is 2. The van der Waals surface area contributed by atoms with Gasteiger partial charge in [-0.25, -0.2) is 0 Å². The maximum Gasteiger partial charge on any atom is 0.306 e. The van der Waals surface area contributed by atoms with E-state index in [-0.39, 0.29) is 17.7 Å². The summed E-state index contributed by atoms with van der Waals surface area (Å²) in [4.78, 5) is 23.0. The summed E-state index contributed by atoms with van der Waals surface area (Å²) in [5.41, 5.74) is 1.84. The van der Waals surface area contributed by atoms with Crippen LogP contribution >= 0.6 is 11.6 Å². The van der Waals surface area contributed by atoms with Crippen LogP contribution < -0.4 is 0 Å². The Morgan fingerprint density at radius 2 is 2.05 bits per heavy atom. The van der Waals surface area contributed by atoms with Crippen LogP contribution in [-0.2, 0) is 14.3 Å². The molecule has 0 saturated carbocycles. The SMILES string of the molecule is COC(=O)CC1CCC(=O)C=C1c1ccc(Cl)cc1. The van der Waals surface area contributed by atoms with Crippen LogP contribution in [0, 0.1) is 5.92 Å². The molecule has 4 heteroatoms. The van der Waals surface area contributed by atoms with E-state index < -0.39 is 0 Å². The molecule has 3 nitrogen and oxygen atoms in total. The summed E-state index contributed by atoms with van der Waals surface area (Å²) in [6, 6.07) is 7.31. The quantitative estimate of drug-likeness (QED) is 0.797. The van der Waals surface area contributed by atoms with Gasteiger partial charge in [0.1, 0.15) is 0 Å². The minimum Gasteiger partial charge on any atom is -0.469 e. The molecule has 0 bridgehead atoms. The fraction of sp³-hybridized carbons (Fsp3) is 0.333. The number of esters is 1. The third kappa shape index (κ3) is 3.44. The molecular weight excluding hydrogens is 264 g/mol. The Morgan fingerprint density at radius 3 is 2.68 bits per heavy atom. The summed E-state index contributed by atoms with van der Waals surface area (Å²) >= 11 is 5.86. The van der Waals surface area contributed by atoms with Gasteiger partial charge >= 0.3 is 5.97 Å². The number of hydrogen-bond acceptors (Lipinski definition) is 3. The standard InChI is InChI=1S/C15H15ClO3/c1-19-15(18)8-11-4-7-13(17)9-14(11)10-2-5-12(16)6-3-10/h2-3,5-6,9,11H,4,7-8H2,1H3. The zero-order chi connectivity index (χ0) is 13.8. The zero-order valence-corrected chi connectivity index (χ0v) is 11.4. The maximum absolute atomic E-state index is 11.6. The molecule has 0 aromatic heterocycles. The molecule has 0 heterocycles. The molecule has 0 N–H and O–H groups in total. The van der Waals surface area contributed by atoms with Crippen LogP contribution in [0.2, 0.25) is 5.02 Å². The molecule has 0 radical (unpaired) electrons. The average Bonchev–Trinajstić information content (AvgIpc) is 2.41. The first-order chi connectivity index (χ1) is 9.10. The van der Waals surface area contributed by atoms with E-state index >= 15 is 0 Å². The molecule has 0 amide bonds. The summed E-state index contributed by atoms with van der Waals surface area (Å²) in [5, 5.41) is 0.649. The van der Waals surface area contributed by atoms with Crippen molar-refractivity contribution < 1.29 is 14.3 Å². The lowest BCUT2D eigenvalue weighted by Crippen LogP contribution is -2.17. The van der Waals surface area contributed by atoms with Gasteiger partial charge in [-0.3, -0.25) is 9.59 Å². The lowest BCUT2D eigenvalue weighted by atomic mass is 9.81. The van der Waals surface area contributed by atoms with Gasteiger partial charge in [0.2, 0.25) is 0 Å². The zero-order valence-electron chi connectivity index (χ0n) is 10.7. The minimum atomic E-state index is -0.251. The molecule has 0 fully saturated rings. The number of hydrogen-bond donors (Lipinski definition) is 0. The van der Waals surface area contributed by atoms with Gasteiger partial charge in [-0.15, -0.1) is 0 Å². The number of halogens is 1. The van der Waals surface area contributed by atoms with Crippen LogP contribution in [0.25, 0.3) is 5.57 Å². The molecule has 1 aromatic rings. The van der Waals surface area contributed by atoms with Crippen molar-refractivity contribution in [2.75, 3.05) is 7.11 Å². The summed E-state index contributed by atoms with van der Waals surface area (Å²) in [7, 11) is 1.38. The van der Waals surface area contributed by atoms with Crippen LogP contribution in [0.1, 0.15) is 24.8 Å². The number of rotatable bonds is 3. The summed E-state index contributed by atoms with van der Waals surface area (Å²) < 4.78 is 4.71. The first-order valence-electron chi connectivity index (χ1n) is 6.17. The van der Waals surface area contributed by atoms with Crippen molar-refractivity contribution >= 4 is 28.9 Å². The van der Waals surface area contributed by atoms with Crippen molar-refractivity contribution in [1.29, 1.82) is 0 Å². The number of ketones is 1. The third-order valence-corrected chi connectivity index (χ3v) is 3.57. The van der Waals surface area contributed by atoms with E-state index in [1.54, 1.807) is 18.2 Å². The minimum absolute atomic E-state index is 0.0336. The van der Waals surface area contributed by atoms with E-state index in [0.717, 1.165) is 11.1 Å². The van der Waals surface area contributed by atoms with Crippen LogP contribution in [0.15, 0.2) is 30.3 Å². The molecule has 1 unspecified atom stereocenters. The number of benzene rings is 1. The highest BCUT2D eigenvalue weighted by atomic mass is 35.5. The first kappa shape index (κ1) is 13.8. The summed E-state index contributed by atoms with van der Waals surface area (Å²) in [6.07, 6.45) is 3.11. The average molecular weight is 279 g/mol. The smallest absolute Gasteiger partial charge is 0.306 e. The third-order valence-electron chi connectivity index (χ3n) is 3.31. The highest BCUT2D eigenvalue weighted by Gasteiger charge is 2.25. The largest absolute Gasteiger partial charge is 0.469 e. The van der Waals surface area contributed by atoms with E-state index in [0.29, 0.717) is 24.3 Å². The van der Waals surface area contributed by atoms with Gasteiger partial charge in [0.05, 0.1) is 13.5 Å². The molecule has 19 heavy (non-hydrogen) atoms. The van der Waals surface area contributed by atoms with Gasteiger partial charge in [0.15, 0.2) is 5.78 Å². The van der Waals surface area contributed by atoms with E-state index in [4.69, 9.17) is 16.3 Å². The number of carbonyl (C=O) groups is 2. The topological polar surface area (TPSA) is 43.4 Å². The van der Waals surface area contributed by atoms with Crippen molar-refractivity contribution in [3.05, 3.63) is 40.9 Å². The van der Waals surface area contributed by atoms with Crippen molar-refractivity contribution in [2.24, 2.45) is 5.92 Å².